The van der Waals surface area contributed by atoms with Crippen LogP contribution in [-0.2, 0) is 16.1 Å². The van der Waals surface area contributed by atoms with E-state index in [-0.39, 0.29) is 17.7 Å². The molecule has 0 spiro atoms. The minimum absolute atomic E-state index is 0.00130. The first kappa shape index (κ1) is 20.6. The van der Waals surface area contributed by atoms with Crippen molar-refractivity contribution in [3.63, 3.8) is 0 Å². The first-order chi connectivity index (χ1) is 13.5. The predicted molar refractivity (Wildman–Crippen MR) is 110 cm³/mol. The number of amides is 2. The van der Waals surface area contributed by atoms with E-state index in [1.54, 1.807) is 12.3 Å². The van der Waals surface area contributed by atoms with E-state index in [9.17, 15) is 9.59 Å². The SMILES string of the molecule is NC(=O)C1([C@H](CC(=O)NCc2ccc(N)nc2)C2CCCCC2)CCCCC1. The van der Waals surface area contributed by atoms with Crippen molar-refractivity contribution in [1.82, 2.24) is 10.3 Å². The van der Waals surface area contributed by atoms with Gasteiger partial charge in [0.05, 0.1) is 5.41 Å². The molecular weight excluding hydrogens is 352 g/mol. The van der Waals surface area contributed by atoms with Gasteiger partial charge in [0.15, 0.2) is 0 Å². The molecule has 154 valence electrons. The second-order valence-corrected chi connectivity index (χ2v) is 8.66. The van der Waals surface area contributed by atoms with Gasteiger partial charge in [0.2, 0.25) is 11.8 Å². The number of hydrogen-bond donors (Lipinski definition) is 3. The average Bonchev–Trinajstić information content (AvgIpc) is 2.72. The Labute approximate surface area is 167 Å². The van der Waals surface area contributed by atoms with Crippen LogP contribution in [0.4, 0.5) is 5.82 Å². The van der Waals surface area contributed by atoms with Gasteiger partial charge in [0, 0.05) is 19.2 Å². The van der Waals surface area contributed by atoms with Crippen molar-refractivity contribution < 1.29 is 9.59 Å². The van der Waals surface area contributed by atoms with Gasteiger partial charge in [0.1, 0.15) is 5.82 Å². The van der Waals surface area contributed by atoms with Gasteiger partial charge in [-0.2, -0.15) is 0 Å². The number of primary amides is 1. The Balaban J connectivity index is 1.71. The van der Waals surface area contributed by atoms with E-state index in [2.05, 4.69) is 10.3 Å². The zero-order valence-corrected chi connectivity index (χ0v) is 16.8. The van der Waals surface area contributed by atoms with Crippen molar-refractivity contribution in [2.45, 2.75) is 77.2 Å². The third-order valence-corrected chi connectivity index (χ3v) is 6.91. The molecule has 2 amide bonds. The highest BCUT2D eigenvalue weighted by molar-refractivity contribution is 5.83. The first-order valence-electron chi connectivity index (χ1n) is 10.8. The van der Waals surface area contributed by atoms with Gasteiger partial charge in [-0.05, 0) is 36.3 Å². The molecule has 1 aromatic rings. The zero-order chi connectivity index (χ0) is 20.0. The van der Waals surface area contributed by atoms with Crippen molar-refractivity contribution >= 4 is 17.6 Å². The number of aromatic nitrogens is 1. The van der Waals surface area contributed by atoms with E-state index in [4.69, 9.17) is 11.5 Å². The molecule has 0 aromatic carbocycles. The van der Waals surface area contributed by atoms with E-state index < -0.39 is 5.41 Å². The molecule has 6 nitrogen and oxygen atoms in total. The number of carbonyl (C=O) groups excluding carboxylic acids is 2. The van der Waals surface area contributed by atoms with Crippen LogP contribution in [0.15, 0.2) is 18.3 Å². The molecule has 28 heavy (non-hydrogen) atoms. The van der Waals surface area contributed by atoms with Crippen LogP contribution in [0.2, 0.25) is 0 Å². The Morgan fingerprint density at radius 2 is 1.79 bits per heavy atom. The summed E-state index contributed by atoms with van der Waals surface area (Å²) < 4.78 is 0. The van der Waals surface area contributed by atoms with Gasteiger partial charge < -0.3 is 16.8 Å². The van der Waals surface area contributed by atoms with Crippen LogP contribution in [0.3, 0.4) is 0 Å². The van der Waals surface area contributed by atoms with Crippen LogP contribution in [0.25, 0.3) is 0 Å². The molecule has 2 saturated carbocycles. The molecule has 0 aliphatic heterocycles. The number of nitrogens with zero attached hydrogens (tertiary/aromatic N) is 1. The van der Waals surface area contributed by atoms with Gasteiger partial charge in [-0.25, -0.2) is 4.98 Å². The fraction of sp³-hybridized carbons (Fsp3) is 0.682. The Bertz CT molecular complexity index is 662. The summed E-state index contributed by atoms with van der Waals surface area (Å²) in [6.07, 6.45) is 12.8. The molecule has 0 radical (unpaired) electrons. The molecule has 6 heteroatoms. The van der Waals surface area contributed by atoms with Crippen LogP contribution in [0.5, 0.6) is 0 Å². The Morgan fingerprint density at radius 1 is 1.11 bits per heavy atom. The molecule has 2 aliphatic carbocycles. The van der Waals surface area contributed by atoms with Crippen LogP contribution in [-0.4, -0.2) is 16.8 Å². The van der Waals surface area contributed by atoms with Gasteiger partial charge in [-0.15, -0.1) is 0 Å². The minimum atomic E-state index is -0.514. The predicted octanol–water partition coefficient (Wildman–Crippen LogP) is 3.30. The smallest absolute Gasteiger partial charge is 0.223 e. The second kappa shape index (κ2) is 9.39. The van der Waals surface area contributed by atoms with Gasteiger partial charge in [0.25, 0.3) is 0 Å². The summed E-state index contributed by atoms with van der Waals surface area (Å²) in [5.41, 5.74) is 12.0. The molecule has 1 aromatic heterocycles. The summed E-state index contributed by atoms with van der Waals surface area (Å²) in [4.78, 5) is 29.5. The van der Waals surface area contributed by atoms with Gasteiger partial charge in [-0.1, -0.05) is 57.4 Å². The number of nitrogen functional groups attached to an aromatic ring is 1. The topological polar surface area (TPSA) is 111 Å². The Morgan fingerprint density at radius 3 is 2.39 bits per heavy atom. The minimum Gasteiger partial charge on any atom is -0.384 e. The van der Waals surface area contributed by atoms with Crippen LogP contribution in [0.1, 0.15) is 76.2 Å². The number of nitrogens with two attached hydrogens (primary N) is 2. The lowest BCUT2D eigenvalue weighted by Gasteiger charge is -2.45. The van der Waals surface area contributed by atoms with Crippen molar-refractivity contribution in [3.05, 3.63) is 23.9 Å². The van der Waals surface area contributed by atoms with Crippen molar-refractivity contribution in [3.8, 4) is 0 Å². The summed E-state index contributed by atoms with van der Waals surface area (Å²) in [6, 6.07) is 3.60. The highest BCUT2D eigenvalue weighted by Gasteiger charge is 2.48. The summed E-state index contributed by atoms with van der Waals surface area (Å²) in [5, 5.41) is 3.01. The summed E-state index contributed by atoms with van der Waals surface area (Å²) in [6.45, 7) is 0.424. The van der Waals surface area contributed by atoms with Crippen molar-refractivity contribution in [2.75, 3.05) is 5.73 Å². The second-order valence-electron chi connectivity index (χ2n) is 8.66. The maximum atomic E-state index is 12.8. The number of rotatable bonds is 7. The van der Waals surface area contributed by atoms with Gasteiger partial charge in [-0.3, -0.25) is 9.59 Å². The average molecular weight is 387 g/mol. The summed E-state index contributed by atoms with van der Waals surface area (Å²) >= 11 is 0. The Hall–Kier alpha value is -2.11. The number of carbonyl (C=O) groups is 2. The third kappa shape index (κ3) is 4.83. The molecule has 3 rings (SSSR count). The van der Waals surface area contributed by atoms with E-state index in [1.807, 2.05) is 6.07 Å². The quantitative estimate of drug-likeness (QED) is 0.667. The molecular formula is C22H34N4O2. The van der Waals surface area contributed by atoms with E-state index >= 15 is 0 Å². The third-order valence-electron chi connectivity index (χ3n) is 6.91. The van der Waals surface area contributed by atoms with E-state index in [0.29, 0.717) is 24.7 Å². The monoisotopic (exact) mass is 386 g/mol. The van der Waals surface area contributed by atoms with E-state index in [0.717, 1.165) is 50.5 Å². The summed E-state index contributed by atoms with van der Waals surface area (Å²) in [5.74, 6) is 0.739. The number of nitrogens with one attached hydrogen (secondary N) is 1. The molecule has 1 atom stereocenters. The van der Waals surface area contributed by atoms with Crippen LogP contribution < -0.4 is 16.8 Å². The Kier molecular flexibility index (Phi) is 6.92. The number of pyridine rings is 1. The van der Waals surface area contributed by atoms with E-state index in [1.165, 1.54) is 19.3 Å². The lowest BCUT2D eigenvalue weighted by Crippen LogP contribution is -2.49. The van der Waals surface area contributed by atoms with Crippen molar-refractivity contribution in [1.29, 1.82) is 0 Å². The zero-order valence-electron chi connectivity index (χ0n) is 16.8. The highest BCUT2D eigenvalue weighted by Crippen LogP contribution is 2.50. The lowest BCUT2D eigenvalue weighted by molar-refractivity contribution is -0.138. The maximum Gasteiger partial charge on any atom is 0.223 e. The molecule has 0 saturated heterocycles. The summed E-state index contributed by atoms with van der Waals surface area (Å²) in [7, 11) is 0. The molecule has 0 bridgehead atoms. The number of anilines is 1. The number of hydrogen-bond acceptors (Lipinski definition) is 4. The standard InChI is InChI=1S/C22H34N4O2/c23-19-10-9-16(14-25-19)15-26-20(27)13-18(17-7-3-1-4-8-17)22(21(24)28)11-5-2-6-12-22/h9-10,14,17-18H,1-8,11-13,15H2,(H2,23,25)(H2,24,28)(H,26,27)/t18-/m1/s1. The molecule has 1 heterocycles. The van der Waals surface area contributed by atoms with Crippen molar-refractivity contribution in [2.24, 2.45) is 23.0 Å². The fourth-order valence-electron chi connectivity index (χ4n) is 5.35. The first-order valence-corrected chi connectivity index (χ1v) is 10.8. The molecule has 2 fully saturated rings. The fourth-order valence-corrected chi connectivity index (χ4v) is 5.35. The maximum absolute atomic E-state index is 12.8. The van der Waals surface area contributed by atoms with Crippen LogP contribution in [0, 0.1) is 17.3 Å². The lowest BCUT2D eigenvalue weighted by atomic mass is 9.58. The highest BCUT2D eigenvalue weighted by atomic mass is 16.2. The van der Waals surface area contributed by atoms with Crippen LogP contribution >= 0.6 is 0 Å². The molecule has 0 unspecified atom stereocenters. The normalized spacial score (nSPS) is 21.0. The molecule has 2 aliphatic rings. The van der Waals surface area contributed by atoms with Gasteiger partial charge >= 0.3 is 0 Å². The largest absolute Gasteiger partial charge is 0.384 e. The molecule has 5 N–H and O–H groups in total.